The van der Waals surface area contributed by atoms with Crippen molar-refractivity contribution in [2.24, 2.45) is 10.5 Å². The van der Waals surface area contributed by atoms with Gasteiger partial charge in [0.15, 0.2) is 9.84 Å². The second-order valence-corrected chi connectivity index (χ2v) is 10.0. The number of sulfone groups is 1. The summed E-state index contributed by atoms with van der Waals surface area (Å²) in [7, 11) is -3.99. The number of imide groups is 1. The van der Waals surface area contributed by atoms with E-state index in [0.717, 1.165) is 0 Å². The van der Waals surface area contributed by atoms with Gasteiger partial charge in [-0.25, -0.2) is 13.2 Å². The van der Waals surface area contributed by atoms with Gasteiger partial charge in [0, 0.05) is 24.3 Å². The summed E-state index contributed by atoms with van der Waals surface area (Å²) in [5.74, 6) is -2.05. The van der Waals surface area contributed by atoms with Crippen LogP contribution in [0.1, 0.15) is 33.1 Å². The molecule has 1 atom stereocenters. The zero-order valence-corrected chi connectivity index (χ0v) is 18.4. The Hall–Kier alpha value is -2.82. The van der Waals surface area contributed by atoms with E-state index in [1.807, 2.05) is 0 Å². The van der Waals surface area contributed by atoms with Gasteiger partial charge in [-0.2, -0.15) is 0 Å². The standard InChI is InChI=1S/C18H21ClN4O7S/c1-18(2,11-21-22-20)9-12(10-31(27,28)14-6-4-3-5-13(14)19)29-17(26)30-23-15(24)7-8-16(23)25/h3-6,12H,7-11H2,1-2H3. The van der Waals surface area contributed by atoms with Gasteiger partial charge in [-0.15, -0.1) is 0 Å². The van der Waals surface area contributed by atoms with Gasteiger partial charge < -0.3 is 4.74 Å². The molecule has 1 aromatic rings. The molecule has 0 N–H and O–H groups in total. The van der Waals surface area contributed by atoms with E-state index in [-0.39, 0.29) is 35.7 Å². The van der Waals surface area contributed by atoms with Crippen LogP contribution in [0.15, 0.2) is 34.3 Å². The van der Waals surface area contributed by atoms with Gasteiger partial charge in [0.05, 0.1) is 15.7 Å². The Morgan fingerprint density at radius 3 is 2.48 bits per heavy atom. The summed E-state index contributed by atoms with van der Waals surface area (Å²) in [4.78, 5) is 42.7. The highest BCUT2D eigenvalue weighted by Crippen LogP contribution is 2.29. The highest BCUT2D eigenvalue weighted by atomic mass is 35.5. The lowest BCUT2D eigenvalue weighted by atomic mass is 9.87. The van der Waals surface area contributed by atoms with Crippen LogP contribution < -0.4 is 0 Å². The van der Waals surface area contributed by atoms with Crippen molar-refractivity contribution in [3.63, 3.8) is 0 Å². The minimum absolute atomic E-state index is 0.00503. The second kappa shape index (κ2) is 9.99. The zero-order valence-electron chi connectivity index (χ0n) is 16.9. The topological polar surface area (TPSA) is 156 Å². The molecule has 0 radical (unpaired) electrons. The first-order valence-electron chi connectivity index (χ1n) is 9.18. The molecule has 0 bridgehead atoms. The fourth-order valence-electron chi connectivity index (χ4n) is 2.96. The van der Waals surface area contributed by atoms with Gasteiger partial charge in [0.1, 0.15) is 6.10 Å². The van der Waals surface area contributed by atoms with Gasteiger partial charge >= 0.3 is 6.16 Å². The highest BCUT2D eigenvalue weighted by Gasteiger charge is 2.36. The Morgan fingerprint density at radius 2 is 1.90 bits per heavy atom. The number of carbonyl (C=O) groups is 3. The third-order valence-electron chi connectivity index (χ3n) is 4.35. The van der Waals surface area contributed by atoms with Crippen molar-refractivity contribution in [3.8, 4) is 0 Å². The molecule has 1 aromatic carbocycles. The highest BCUT2D eigenvalue weighted by molar-refractivity contribution is 7.91. The zero-order chi connectivity index (χ0) is 23.2. The molecule has 0 spiro atoms. The number of amides is 2. The Morgan fingerprint density at radius 1 is 1.29 bits per heavy atom. The maximum atomic E-state index is 12.9. The Bertz CT molecular complexity index is 1010. The molecule has 11 nitrogen and oxygen atoms in total. The minimum atomic E-state index is -3.99. The first-order valence-corrected chi connectivity index (χ1v) is 11.2. The molecule has 13 heteroatoms. The quantitative estimate of drug-likeness (QED) is 0.175. The van der Waals surface area contributed by atoms with E-state index in [4.69, 9.17) is 21.9 Å². The molecule has 0 aliphatic carbocycles. The van der Waals surface area contributed by atoms with E-state index in [9.17, 15) is 22.8 Å². The first-order chi connectivity index (χ1) is 14.4. The van der Waals surface area contributed by atoms with Gasteiger partial charge in [0.2, 0.25) is 0 Å². The minimum Gasteiger partial charge on any atom is -0.428 e. The lowest BCUT2D eigenvalue weighted by molar-refractivity contribution is -0.178. The van der Waals surface area contributed by atoms with Crippen molar-refractivity contribution in [1.29, 1.82) is 0 Å². The molecule has 1 fully saturated rings. The van der Waals surface area contributed by atoms with Crippen molar-refractivity contribution < 1.29 is 32.4 Å². The Balaban J connectivity index is 2.22. The third kappa shape index (κ3) is 6.84. The van der Waals surface area contributed by atoms with E-state index in [0.29, 0.717) is 5.06 Å². The van der Waals surface area contributed by atoms with Crippen LogP contribution in [0.5, 0.6) is 0 Å². The predicted molar refractivity (Wildman–Crippen MR) is 108 cm³/mol. The number of benzene rings is 1. The van der Waals surface area contributed by atoms with Crippen LogP contribution in [-0.4, -0.2) is 49.9 Å². The van der Waals surface area contributed by atoms with Crippen LogP contribution in [0.3, 0.4) is 0 Å². The molecular weight excluding hydrogens is 452 g/mol. The van der Waals surface area contributed by atoms with Crippen molar-refractivity contribution in [2.45, 2.75) is 44.1 Å². The number of rotatable bonds is 9. The Labute approximate surface area is 183 Å². The number of nitrogens with zero attached hydrogens (tertiary/aromatic N) is 4. The van der Waals surface area contributed by atoms with Crippen LogP contribution in [0.2, 0.25) is 5.02 Å². The lowest BCUT2D eigenvalue weighted by Gasteiger charge is -2.28. The normalized spacial score (nSPS) is 15.4. The Kier molecular flexibility index (Phi) is 7.88. The molecule has 168 valence electrons. The van der Waals surface area contributed by atoms with E-state index < -0.39 is 45.1 Å². The van der Waals surface area contributed by atoms with Crippen LogP contribution in [0.4, 0.5) is 4.79 Å². The summed E-state index contributed by atoms with van der Waals surface area (Å²) >= 11 is 6.00. The average Bonchev–Trinajstić information content (AvgIpc) is 2.97. The fraction of sp³-hybridized carbons (Fsp3) is 0.500. The molecule has 1 aliphatic rings. The number of hydrogen-bond donors (Lipinski definition) is 0. The number of carbonyl (C=O) groups excluding carboxylic acids is 3. The molecular formula is C18H21ClN4O7S. The first kappa shape index (κ1) is 24.4. The van der Waals surface area contributed by atoms with Crippen molar-refractivity contribution >= 4 is 39.4 Å². The molecule has 2 rings (SSSR count). The van der Waals surface area contributed by atoms with Crippen molar-refractivity contribution in [2.75, 3.05) is 12.3 Å². The summed E-state index contributed by atoms with van der Waals surface area (Å²) in [5.41, 5.74) is 7.81. The van der Waals surface area contributed by atoms with Crippen LogP contribution in [-0.2, 0) is 29.0 Å². The monoisotopic (exact) mass is 472 g/mol. The van der Waals surface area contributed by atoms with Crippen LogP contribution >= 0.6 is 11.6 Å². The largest absolute Gasteiger partial charge is 0.534 e. The molecule has 1 aliphatic heterocycles. The average molecular weight is 473 g/mol. The molecule has 1 unspecified atom stereocenters. The summed E-state index contributed by atoms with van der Waals surface area (Å²) in [6.07, 6.45) is -2.87. The summed E-state index contributed by atoms with van der Waals surface area (Å²) in [6, 6.07) is 5.80. The van der Waals surface area contributed by atoms with E-state index in [1.54, 1.807) is 19.9 Å². The fourth-order valence-corrected chi connectivity index (χ4v) is 4.95. The molecule has 31 heavy (non-hydrogen) atoms. The van der Waals surface area contributed by atoms with Gasteiger partial charge in [-0.3, -0.25) is 14.4 Å². The van der Waals surface area contributed by atoms with Crippen molar-refractivity contribution in [1.82, 2.24) is 5.06 Å². The van der Waals surface area contributed by atoms with Gasteiger partial charge in [0.25, 0.3) is 11.8 Å². The van der Waals surface area contributed by atoms with Gasteiger partial charge in [-0.05, 0) is 29.5 Å². The maximum absolute atomic E-state index is 12.9. The number of hydrogen-bond acceptors (Lipinski definition) is 8. The third-order valence-corrected chi connectivity index (χ3v) is 6.63. The van der Waals surface area contributed by atoms with Gasteiger partial charge in [-0.1, -0.05) is 47.8 Å². The molecule has 0 aromatic heterocycles. The summed E-state index contributed by atoms with van der Waals surface area (Å²) < 4.78 is 30.9. The number of ether oxygens (including phenoxy) is 1. The molecule has 1 heterocycles. The predicted octanol–water partition coefficient (Wildman–Crippen LogP) is 3.43. The van der Waals surface area contributed by atoms with Crippen LogP contribution in [0.25, 0.3) is 10.4 Å². The van der Waals surface area contributed by atoms with E-state index >= 15 is 0 Å². The summed E-state index contributed by atoms with van der Waals surface area (Å²) in [6.45, 7) is 3.39. The number of halogens is 1. The molecule has 2 amide bonds. The van der Waals surface area contributed by atoms with E-state index in [2.05, 4.69) is 14.9 Å². The lowest BCUT2D eigenvalue weighted by Crippen LogP contribution is -2.37. The smallest absolute Gasteiger partial charge is 0.428 e. The van der Waals surface area contributed by atoms with E-state index in [1.165, 1.54) is 18.2 Å². The number of hydroxylamine groups is 2. The maximum Gasteiger partial charge on any atom is 0.534 e. The SMILES string of the molecule is CC(C)(CN=[N+]=[N-])CC(CS(=O)(=O)c1ccccc1Cl)OC(=O)ON1C(=O)CCC1=O. The second-order valence-electron chi connectivity index (χ2n) is 7.63. The summed E-state index contributed by atoms with van der Waals surface area (Å²) in [5, 5.41) is 3.79. The number of azide groups is 1. The molecule has 1 saturated heterocycles. The van der Waals surface area contributed by atoms with Crippen molar-refractivity contribution in [3.05, 3.63) is 39.7 Å². The van der Waals surface area contributed by atoms with Crippen LogP contribution in [0, 0.1) is 5.41 Å². The molecule has 0 saturated carbocycles.